The number of nitrogens with zero attached hydrogens (tertiary/aromatic N) is 4. The highest BCUT2D eigenvalue weighted by molar-refractivity contribution is 5.41. The number of nitriles is 1. The maximum Gasteiger partial charge on any atom is 0.158 e. The van der Waals surface area contributed by atoms with Crippen LogP contribution in [0.25, 0.3) is 0 Å². The molecule has 4 heteroatoms. The van der Waals surface area contributed by atoms with Crippen molar-refractivity contribution in [2.45, 2.75) is 26.3 Å². The minimum atomic E-state index is -0.0585. The maximum atomic E-state index is 8.65. The molecule has 16 heavy (non-hydrogen) atoms. The molecule has 0 unspecified atom stereocenters. The van der Waals surface area contributed by atoms with Gasteiger partial charge in [0.2, 0.25) is 0 Å². The Bertz CT molecular complexity index is 395. The molecule has 0 bridgehead atoms. The molecule has 4 nitrogen and oxygen atoms in total. The molecule has 0 aliphatic heterocycles. The molecule has 0 fully saturated rings. The number of rotatable bonds is 3. The van der Waals surface area contributed by atoms with Crippen molar-refractivity contribution in [1.29, 1.82) is 5.26 Å². The third-order valence-electron chi connectivity index (χ3n) is 2.15. The standard InChI is InChI=1S/C12H16N4/c1-5-6-16(12(2,3)4)11-9-14-10(7-13)8-15-11/h5,8-9H,1,6H2,2-4H3. The highest BCUT2D eigenvalue weighted by Crippen LogP contribution is 2.20. The summed E-state index contributed by atoms with van der Waals surface area (Å²) >= 11 is 0. The zero-order chi connectivity index (χ0) is 12.2. The van der Waals surface area contributed by atoms with Gasteiger partial charge in [-0.15, -0.1) is 6.58 Å². The molecule has 1 aromatic heterocycles. The van der Waals surface area contributed by atoms with Gasteiger partial charge in [-0.3, -0.25) is 0 Å². The van der Waals surface area contributed by atoms with E-state index in [1.165, 1.54) is 6.20 Å². The summed E-state index contributed by atoms with van der Waals surface area (Å²) < 4.78 is 0. The highest BCUT2D eigenvalue weighted by atomic mass is 15.2. The molecule has 0 radical (unpaired) electrons. The Hall–Kier alpha value is -1.89. The van der Waals surface area contributed by atoms with Gasteiger partial charge in [0.05, 0.1) is 12.4 Å². The van der Waals surface area contributed by atoms with Gasteiger partial charge in [0, 0.05) is 12.1 Å². The fraction of sp³-hybridized carbons (Fsp3) is 0.417. The lowest BCUT2D eigenvalue weighted by Gasteiger charge is -2.35. The molecule has 0 amide bonds. The van der Waals surface area contributed by atoms with Crippen LogP contribution in [0, 0.1) is 11.3 Å². The van der Waals surface area contributed by atoms with Crippen molar-refractivity contribution in [3.63, 3.8) is 0 Å². The Labute approximate surface area is 96.3 Å². The van der Waals surface area contributed by atoms with Gasteiger partial charge in [0.25, 0.3) is 0 Å². The van der Waals surface area contributed by atoms with Gasteiger partial charge < -0.3 is 4.90 Å². The minimum Gasteiger partial charge on any atom is -0.347 e. The molecule has 84 valence electrons. The Morgan fingerprint density at radius 3 is 2.50 bits per heavy atom. The lowest BCUT2D eigenvalue weighted by atomic mass is 10.1. The van der Waals surface area contributed by atoms with E-state index in [1.807, 2.05) is 12.1 Å². The summed E-state index contributed by atoms with van der Waals surface area (Å²) in [6.45, 7) is 10.7. The van der Waals surface area contributed by atoms with Crippen LogP contribution < -0.4 is 4.90 Å². The molecular formula is C12H16N4. The van der Waals surface area contributed by atoms with Crippen molar-refractivity contribution >= 4 is 5.82 Å². The van der Waals surface area contributed by atoms with Crippen molar-refractivity contribution in [2.24, 2.45) is 0 Å². The number of hydrogen-bond donors (Lipinski definition) is 0. The van der Waals surface area contributed by atoms with Gasteiger partial charge in [-0.25, -0.2) is 9.97 Å². The van der Waals surface area contributed by atoms with Gasteiger partial charge in [-0.2, -0.15) is 5.26 Å². The summed E-state index contributed by atoms with van der Waals surface area (Å²) in [5, 5.41) is 8.65. The van der Waals surface area contributed by atoms with Crippen molar-refractivity contribution in [1.82, 2.24) is 9.97 Å². The van der Waals surface area contributed by atoms with Gasteiger partial charge in [-0.1, -0.05) is 6.08 Å². The summed E-state index contributed by atoms with van der Waals surface area (Å²) in [5.41, 5.74) is 0.271. The van der Waals surface area contributed by atoms with Gasteiger partial charge in [0.15, 0.2) is 5.69 Å². The van der Waals surface area contributed by atoms with Crippen molar-refractivity contribution in [3.8, 4) is 6.07 Å². The second-order valence-electron chi connectivity index (χ2n) is 4.44. The van der Waals surface area contributed by atoms with Crippen LogP contribution in [0.2, 0.25) is 0 Å². The molecule has 0 aromatic carbocycles. The molecule has 0 aliphatic rings. The number of hydrogen-bond acceptors (Lipinski definition) is 4. The highest BCUT2D eigenvalue weighted by Gasteiger charge is 2.21. The lowest BCUT2D eigenvalue weighted by Crippen LogP contribution is -2.42. The molecule has 0 saturated carbocycles. The molecule has 1 aromatic rings. The average molecular weight is 216 g/mol. The minimum absolute atomic E-state index is 0.0585. The van der Waals surface area contributed by atoms with E-state index in [4.69, 9.17) is 5.26 Å². The second kappa shape index (κ2) is 4.75. The SMILES string of the molecule is C=CCN(c1cnc(C#N)cn1)C(C)(C)C. The zero-order valence-electron chi connectivity index (χ0n) is 9.94. The largest absolute Gasteiger partial charge is 0.347 e. The van der Waals surface area contributed by atoms with Gasteiger partial charge in [0.1, 0.15) is 11.9 Å². The fourth-order valence-electron chi connectivity index (χ4n) is 1.36. The first kappa shape index (κ1) is 12.2. The van der Waals surface area contributed by atoms with E-state index >= 15 is 0 Å². The van der Waals surface area contributed by atoms with Gasteiger partial charge in [-0.05, 0) is 20.8 Å². The first-order valence-electron chi connectivity index (χ1n) is 5.09. The smallest absolute Gasteiger partial charge is 0.158 e. The monoisotopic (exact) mass is 216 g/mol. The van der Waals surface area contributed by atoms with Crippen LogP contribution in [0.4, 0.5) is 5.82 Å². The van der Waals surface area contributed by atoms with Crippen LogP contribution in [-0.4, -0.2) is 22.1 Å². The Morgan fingerprint density at radius 1 is 1.44 bits per heavy atom. The average Bonchev–Trinajstić information content (AvgIpc) is 2.25. The molecule has 0 saturated heterocycles. The zero-order valence-corrected chi connectivity index (χ0v) is 9.94. The van der Waals surface area contributed by atoms with Crippen LogP contribution in [0.5, 0.6) is 0 Å². The third-order valence-corrected chi connectivity index (χ3v) is 2.15. The van der Waals surface area contributed by atoms with E-state index in [0.717, 1.165) is 5.82 Å². The summed E-state index contributed by atoms with van der Waals surface area (Å²) in [6, 6.07) is 1.95. The summed E-state index contributed by atoms with van der Waals surface area (Å²) in [6.07, 6.45) is 4.93. The predicted octanol–water partition coefficient (Wildman–Crippen LogP) is 2.14. The van der Waals surface area contributed by atoms with Crippen LogP contribution in [0.1, 0.15) is 26.5 Å². The van der Waals surface area contributed by atoms with E-state index in [0.29, 0.717) is 12.2 Å². The fourth-order valence-corrected chi connectivity index (χ4v) is 1.36. The summed E-state index contributed by atoms with van der Waals surface area (Å²) in [5.74, 6) is 0.756. The maximum absolute atomic E-state index is 8.65. The molecule has 0 spiro atoms. The molecule has 0 N–H and O–H groups in total. The Kier molecular flexibility index (Phi) is 3.62. The molecule has 1 heterocycles. The molecule has 1 rings (SSSR count). The topological polar surface area (TPSA) is 52.8 Å². The lowest BCUT2D eigenvalue weighted by molar-refractivity contribution is 0.516. The first-order valence-corrected chi connectivity index (χ1v) is 5.09. The number of anilines is 1. The number of aromatic nitrogens is 2. The van der Waals surface area contributed by atoms with Crippen LogP contribution in [-0.2, 0) is 0 Å². The Balaban J connectivity index is 3.03. The van der Waals surface area contributed by atoms with Crippen molar-refractivity contribution in [2.75, 3.05) is 11.4 Å². The normalized spacial score (nSPS) is 10.6. The van der Waals surface area contributed by atoms with Crippen molar-refractivity contribution < 1.29 is 0 Å². The first-order chi connectivity index (χ1) is 7.49. The Morgan fingerprint density at radius 2 is 2.12 bits per heavy atom. The summed E-state index contributed by atoms with van der Waals surface area (Å²) in [4.78, 5) is 10.3. The van der Waals surface area contributed by atoms with Crippen molar-refractivity contribution in [3.05, 3.63) is 30.7 Å². The quantitative estimate of drug-likeness (QED) is 0.726. The van der Waals surface area contributed by atoms with E-state index in [-0.39, 0.29) is 5.54 Å². The second-order valence-corrected chi connectivity index (χ2v) is 4.44. The van der Waals surface area contributed by atoms with Crippen LogP contribution >= 0.6 is 0 Å². The molecular weight excluding hydrogens is 200 g/mol. The van der Waals surface area contributed by atoms with E-state index in [2.05, 4.69) is 42.2 Å². The summed E-state index contributed by atoms with van der Waals surface area (Å²) in [7, 11) is 0. The third kappa shape index (κ3) is 2.80. The van der Waals surface area contributed by atoms with E-state index in [1.54, 1.807) is 6.20 Å². The van der Waals surface area contributed by atoms with E-state index in [9.17, 15) is 0 Å². The molecule has 0 atom stereocenters. The van der Waals surface area contributed by atoms with Crippen LogP contribution in [0.3, 0.4) is 0 Å². The van der Waals surface area contributed by atoms with E-state index < -0.39 is 0 Å². The van der Waals surface area contributed by atoms with Crippen LogP contribution in [0.15, 0.2) is 25.0 Å². The predicted molar refractivity (Wildman–Crippen MR) is 64.0 cm³/mol. The van der Waals surface area contributed by atoms with Gasteiger partial charge >= 0.3 is 0 Å². The molecule has 0 aliphatic carbocycles.